The molecule has 0 fully saturated rings. The van der Waals surface area contributed by atoms with Crippen LogP contribution in [0.25, 0.3) is 11.1 Å². The van der Waals surface area contributed by atoms with Gasteiger partial charge in [-0.1, -0.05) is 6.07 Å². The van der Waals surface area contributed by atoms with Crippen LogP contribution in [0.15, 0.2) is 45.6 Å². The second kappa shape index (κ2) is 6.71. The van der Waals surface area contributed by atoms with Crippen LogP contribution >= 0.6 is 0 Å². The van der Waals surface area contributed by atoms with E-state index < -0.39 is 28.1 Å². The first-order chi connectivity index (χ1) is 12.8. The number of nitro benzene ring substituents is 2. The van der Waals surface area contributed by atoms with Crippen molar-refractivity contribution in [3.8, 4) is 0 Å². The lowest BCUT2D eigenvalue weighted by atomic mass is 10.2. The van der Waals surface area contributed by atoms with Gasteiger partial charge in [0.05, 0.1) is 21.4 Å². The largest absolute Gasteiger partial charge is 0.420 e. The monoisotopic (exact) mass is 372 g/mol. The number of hydrogen-bond donors (Lipinski definition) is 1. The van der Waals surface area contributed by atoms with E-state index in [9.17, 15) is 29.8 Å². The topological polar surface area (TPSA) is 151 Å². The molecule has 0 radical (unpaired) electrons. The van der Waals surface area contributed by atoms with Crippen LogP contribution in [0.1, 0.15) is 5.56 Å². The number of benzene rings is 2. The van der Waals surface area contributed by atoms with Gasteiger partial charge in [0.25, 0.3) is 11.4 Å². The number of nitrogens with one attached hydrogen (secondary N) is 1. The number of amides is 1. The van der Waals surface area contributed by atoms with Gasteiger partial charge in [-0.25, -0.2) is 4.79 Å². The van der Waals surface area contributed by atoms with E-state index in [0.717, 1.165) is 10.6 Å². The van der Waals surface area contributed by atoms with E-state index in [0.29, 0.717) is 5.56 Å². The Morgan fingerprint density at radius 2 is 1.89 bits per heavy atom. The third kappa shape index (κ3) is 3.51. The van der Waals surface area contributed by atoms with Crippen molar-refractivity contribution in [1.82, 2.24) is 4.57 Å². The fourth-order valence-corrected chi connectivity index (χ4v) is 2.55. The summed E-state index contributed by atoms with van der Waals surface area (Å²) in [6.07, 6.45) is 0. The molecule has 1 N–H and O–H groups in total. The predicted molar refractivity (Wildman–Crippen MR) is 93.6 cm³/mol. The van der Waals surface area contributed by atoms with Crippen molar-refractivity contribution in [2.45, 2.75) is 13.5 Å². The van der Waals surface area contributed by atoms with E-state index in [1.165, 1.54) is 30.3 Å². The maximum absolute atomic E-state index is 12.2. The standard InChI is InChI=1S/C16H12N4O7/c1-9-2-3-10(6-13(9)20(25)26)17-15(21)8-18-12-5-4-11(19(23)24)7-14(12)27-16(18)22/h2-7H,8H2,1H3,(H,17,21). The molecule has 1 aromatic heterocycles. The van der Waals surface area contributed by atoms with Gasteiger partial charge in [-0.15, -0.1) is 0 Å². The van der Waals surface area contributed by atoms with Crippen molar-refractivity contribution in [2.75, 3.05) is 5.32 Å². The van der Waals surface area contributed by atoms with Crippen molar-refractivity contribution in [3.05, 3.63) is 72.7 Å². The number of hydrogen-bond acceptors (Lipinski definition) is 7. The molecule has 138 valence electrons. The minimum absolute atomic E-state index is 0.0204. The molecule has 0 saturated heterocycles. The van der Waals surface area contributed by atoms with Crippen LogP contribution in [0.2, 0.25) is 0 Å². The number of fused-ring (bicyclic) bond motifs is 1. The highest BCUT2D eigenvalue weighted by Crippen LogP contribution is 2.23. The highest BCUT2D eigenvalue weighted by molar-refractivity contribution is 5.92. The zero-order chi connectivity index (χ0) is 19.7. The molecule has 2 aromatic carbocycles. The van der Waals surface area contributed by atoms with Gasteiger partial charge >= 0.3 is 5.76 Å². The minimum atomic E-state index is -0.851. The van der Waals surface area contributed by atoms with Crippen molar-refractivity contribution < 1.29 is 19.1 Å². The van der Waals surface area contributed by atoms with Crippen LogP contribution in [0.4, 0.5) is 17.1 Å². The third-order valence-corrected chi connectivity index (χ3v) is 3.85. The number of carbonyl (C=O) groups excluding carboxylic acids is 1. The Labute approximate surface area is 150 Å². The van der Waals surface area contributed by atoms with E-state index in [1.54, 1.807) is 6.92 Å². The summed E-state index contributed by atoms with van der Waals surface area (Å²) in [6.45, 7) is 1.14. The van der Waals surface area contributed by atoms with Crippen molar-refractivity contribution in [1.29, 1.82) is 0 Å². The van der Waals surface area contributed by atoms with E-state index in [4.69, 9.17) is 4.42 Å². The molecule has 3 rings (SSSR count). The van der Waals surface area contributed by atoms with Gasteiger partial charge in [-0.2, -0.15) is 0 Å². The maximum atomic E-state index is 12.2. The molecule has 1 heterocycles. The van der Waals surface area contributed by atoms with Crippen LogP contribution in [-0.2, 0) is 11.3 Å². The number of nitro groups is 2. The molecule has 0 saturated carbocycles. The second-order valence-corrected chi connectivity index (χ2v) is 5.67. The summed E-state index contributed by atoms with van der Waals surface area (Å²) in [5, 5.41) is 24.2. The number of nitrogens with zero attached hydrogens (tertiary/aromatic N) is 3. The van der Waals surface area contributed by atoms with Crippen LogP contribution in [0, 0.1) is 27.2 Å². The molecule has 27 heavy (non-hydrogen) atoms. The Morgan fingerprint density at radius 3 is 2.56 bits per heavy atom. The smallest absolute Gasteiger partial charge is 0.407 e. The molecule has 11 heteroatoms. The number of oxazole rings is 1. The highest BCUT2D eigenvalue weighted by atomic mass is 16.6. The summed E-state index contributed by atoms with van der Waals surface area (Å²) in [5.41, 5.74) is 0.444. The number of anilines is 1. The van der Waals surface area contributed by atoms with Crippen molar-refractivity contribution in [3.63, 3.8) is 0 Å². The lowest BCUT2D eigenvalue weighted by Crippen LogP contribution is -2.24. The molecular weight excluding hydrogens is 360 g/mol. The summed E-state index contributed by atoms with van der Waals surface area (Å²) in [6, 6.07) is 7.80. The molecule has 0 aliphatic carbocycles. The summed E-state index contributed by atoms with van der Waals surface area (Å²) >= 11 is 0. The van der Waals surface area contributed by atoms with Crippen molar-refractivity contribution >= 4 is 34.1 Å². The summed E-state index contributed by atoms with van der Waals surface area (Å²) in [7, 11) is 0. The first-order valence-electron chi connectivity index (χ1n) is 7.59. The fraction of sp³-hybridized carbons (Fsp3) is 0.125. The Bertz CT molecular complexity index is 1150. The lowest BCUT2D eigenvalue weighted by molar-refractivity contribution is -0.385. The van der Waals surface area contributed by atoms with Crippen molar-refractivity contribution in [2.24, 2.45) is 0 Å². The third-order valence-electron chi connectivity index (χ3n) is 3.85. The molecule has 0 bridgehead atoms. The predicted octanol–water partition coefficient (Wildman–Crippen LogP) is 2.36. The molecule has 0 spiro atoms. The zero-order valence-electron chi connectivity index (χ0n) is 13.9. The number of non-ortho nitro benzene ring substituents is 1. The van der Waals surface area contributed by atoms with Gasteiger partial charge < -0.3 is 9.73 Å². The lowest BCUT2D eigenvalue weighted by Gasteiger charge is -2.06. The van der Waals surface area contributed by atoms with E-state index >= 15 is 0 Å². The SMILES string of the molecule is Cc1ccc(NC(=O)Cn2c(=O)oc3cc([N+](=O)[O-])ccc32)cc1[N+](=O)[O-]. The van der Waals surface area contributed by atoms with Gasteiger partial charge in [-0.05, 0) is 19.1 Å². The first-order valence-corrected chi connectivity index (χ1v) is 7.59. The number of rotatable bonds is 5. The Hall–Kier alpha value is -4.02. The number of aromatic nitrogens is 1. The summed E-state index contributed by atoms with van der Waals surface area (Å²) in [5.74, 6) is -1.47. The van der Waals surface area contributed by atoms with Gasteiger partial charge in [0.1, 0.15) is 6.54 Å². The van der Waals surface area contributed by atoms with E-state index in [1.807, 2.05) is 0 Å². The molecule has 0 aliphatic heterocycles. The average molecular weight is 372 g/mol. The normalized spacial score (nSPS) is 10.7. The first kappa shape index (κ1) is 17.8. The molecule has 3 aromatic rings. The number of aryl methyl sites for hydroxylation is 1. The van der Waals surface area contributed by atoms with Crippen LogP contribution in [0.5, 0.6) is 0 Å². The Balaban J connectivity index is 1.85. The van der Waals surface area contributed by atoms with E-state index in [-0.39, 0.29) is 28.2 Å². The van der Waals surface area contributed by atoms with Crippen LogP contribution < -0.4 is 11.1 Å². The van der Waals surface area contributed by atoms with Gasteiger partial charge in [0.15, 0.2) is 5.58 Å². The molecular formula is C16H12N4O7. The maximum Gasteiger partial charge on any atom is 0.420 e. The highest BCUT2D eigenvalue weighted by Gasteiger charge is 2.17. The van der Waals surface area contributed by atoms with Gasteiger partial charge in [0.2, 0.25) is 5.91 Å². The van der Waals surface area contributed by atoms with Crippen LogP contribution in [-0.4, -0.2) is 20.3 Å². The Kier molecular flexibility index (Phi) is 4.42. The van der Waals surface area contributed by atoms with Gasteiger partial charge in [-0.3, -0.25) is 29.6 Å². The Morgan fingerprint density at radius 1 is 1.15 bits per heavy atom. The summed E-state index contributed by atoms with van der Waals surface area (Å²) < 4.78 is 5.95. The minimum Gasteiger partial charge on any atom is -0.407 e. The molecule has 11 nitrogen and oxygen atoms in total. The second-order valence-electron chi connectivity index (χ2n) is 5.67. The van der Waals surface area contributed by atoms with Gasteiger partial charge in [0, 0.05) is 23.4 Å². The number of carbonyl (C=O) groups is 1. The van der Waals surface area contributed by atoms with E-state index in [2.05, 4.69) is 5.32 Å². The zero-order valence-corrected chi connectivity index (χ0v) is 13.9. The van der Waals surface area contributed by atoms with Crippen LogP contribution in [0.3, 0.4) is 0 Å². The average Bonchev–Trinajstić information content (AvgIpc) is 2.91. The molecule has 0 aliphatic rings. The fourth-order valence-electron chi connectivity index (χ4n) is 2.55. The summed E-state index contributed by atoms with van der Waals surface area (Å²) in [4.78, 5) is 44.7. The molecule has 1 amide bonds. The quantitative estimate of drug-likeness (QED) is 0.533. The molecule has 0 atom stereocenters. The molecule has 0 unspecified atom stereocenters.